The summed E-state index contributed by atoms with van der Waals surface area (Å²) in [5.41, 5.74) is 1.10. The van der Waals surface area contributed by atoms with Gasteiger partial charge in [-0.3, -0.25) is 9.89 Å². The summed E-state index contributed by atoms with van der Waals surface area (Å²) in [6, 6.07) is 8.30. The Balaban J connectivity index is 0.00000363. The van der Waals surface area contributed by atoms with Gasteiger partial charge < -0.3 is 24.4 Å². The number of methoxy groups -OCH3 is 3. The maximum absolute atomic E-state index is 5.64. The van der Waals surface area contributed by atoms with E-state index >= 15 is 0 Å². The highest BCUT2D eigenvalue weighted by Crippen LogP contribution is 2.40. The van der Waals surface area contributed by atoms with E-state index in [4.69, 9.17) is 14.2 Å². The summed E-state index contributed by atoms with van der Waals surface area (Å²) >= 11 is 1.81. The zero-order valence-electron chi connectivity index (χ0n) is 19.6. The summed E-state index contributed by atoms with van der Waals surface area (Å²) in [4.78, 5) is 10.7. The Morgan fingerprint density at radius 3 is 2.34 bits per heavy atom. The minimum atomic E-state index is 0. The van der Waals surface area contributed by atoms with Crippen molar-refractivity contribution in [2.24, 2.45) is 4.99 Å². The minimum absolute atomic E-state index is 0. The normalized spacial score (nSPS) is 15.7. The zero-order chi connectivity index (χ0) is 22.2. The fraction of sp³-hybridized carbons (Fsp3) is 0.522. The molecule has 1 atom stereocenters. The van der Waals surface area contributed by atoms with E-state index in [0.29, 0.717) is 17.4 Å². The Hall–Kier alpha value is -1.72. The third-order valence-electron chi connectivity index (χ3n) is 5.66. The number of hydrogen-bond acceptors (Lipinski definition) is 6. The highest BCUT2D eigenvalue weighted by Gasteiger charge is 2.23. The van der Waals surface area contributed by atoms with Crippen molar-refractivity contribution in [3.05, 3.63) is 40.1 Å². The molecule has 1 aliphatic heterocycles. The Morgan fingerprint density at radius 2 is 1.78 bits per heavy atom. The summed E-state index contributed by atoms with van der Waals surface area (Å²) in [5.74, 6) is 3.51. The fourth-order valence-corrected chi connectivity index (χ4v) is 4.68. The van der Waals surface area contributed by atoms with E-state index in [0.717, 1.165) is 56.5 Å². The number of nitrogens with zero attached hydrogens (tertiary/aromatic N) is 3. The van der Waals surface area contributed by atoms with E-state index in [-0.39, 0.29) is 24.0 Å². The van der Waals surface area contributed by atoms with Crippen LogP contribution in [0.1, 0.15) is 23.3 Å². The van der Waals surface area contributed by atoms with Gasteiger partial charge in [0, 0.05) is 62.7 Å². The maximum atomic E-state index is 5.64. The van der Waals surface area contributed by atoms with Gasteiger partial charge in [0.25, 0.3) is 0 Å². The second-order valence-corrected chi connectivity index (χ2v) is 8.58. The molecule has 1 N–H and O–H groups in total. The lowest BCUT2D eigenvalue weighted by molar-refractivity contribution is 0.170. The standard InChI is InChI=1S/C23H34N4O3S.HI/c1-17(20-7-6-14-31-20)15-25-23(24-2)27-12-10-26(11-13-27)16-18-8-9-19(28-3)22(30-5)21(18)29-4;/h6-9,14,17H,10-13,15-16H2,1-5H3,(H,24,25);1H. The number of rotatable bonds is 8. The lowest BCUT2D eigenvalue weighted by atomic mass is 10.1. The van der Waals surface area contributed by atoms with E-state index in [1.54, 1.807) is 21.3 Å². The van der Waals surface area contributed by atoms with Crippen LogP contribution in [0.15, 0.2) is 34.6 Å². The number of thiophene rings is 1. The van der Waals surface area contributed by atoms with Crippen LogP contribution in [-0.2, 0) is 6.54 Å². The largest absolute Gasteiger partial charge is 0.493 e. The molecule has 9 heteroatoms. The minimum Gasteiger partial charge on any atom is -0.493 e. The maximum Gasteiger partial charge on any atom is 0.203 e. The number of aliphatic imine (C=N–C) groups is 1. The van der Waals surface area contributed by atoms with Crippen molar-refractivity contribution >= 4 is 41.3 Å². The molecule has 2 aromatic rings. The summed E-state index contributed by atoms with van der Waals surface area (Å²) in [7, 11) is 6.81. The molecule has 0 saturated carbocycles. The molecule has 1 saturated heterocycles. The number of piperazine rings is 1. The Bertz CT molecular complexity index is 855. The predicted molar refractivity (Wildman–Crippen MR) is 142 cm³/mol. The molecule has 1 aromatic heterocycles. The molecule has 2 heterocycles. The molecule has 0 amide bonds. The van der Waals surface area contributed by atoms with Gasteiger partial charge in [0.1, 0.15) is 0 Å². The van der Waals surface area contributed by atoms with Crippen molar-refractivity contribution in [2.75, 3.05) is 61.1 Å². The molecule has 3 rings (SSSR count). The number of ether oxygens (including phenoxy) is 3. The molecular weight excluding hydrogens is 539 g/mol. The Labute approximate surface area is 212 Å². The van der Waals surface area contributed by atoms with Crippen LogP contribution < -0.4 is 19.5 Å². The molecule has 178 valence electrons. The third-order valence-corrected chi connectivity index (χ3v) is 6.76. The first-order valence-electron chi connectivity index (χ1n) is 10.6. The second kappa shape index (κ2) is 13.1. The number of halogens is 1. The van der Waals surface area contributed by atoms with Crippen molar-refractivity contribution in [3.8, 4) is 17.2 Å². The van der Waals surface area contributed by atoms with E-state index < -0.39 is 0 Å². The second-order valence-electron chi connectivity index (χ2n) is 7.60. The Morgan fingerprint density at radius 1 is 1.06 bits per heavy atom. The molecule has 0 spiro atoms. The molecule has 1 aromatic carbocycles. The number of benzene rings is 1. The lowest BCUT2D eigenvalue weighted by Crippen LogP contribution is -2.52. The van der Waals surface area contributed by atoms with Crippen LogP contribution in [0.25, 0.3) is 0 Å². The summed E-state index contributed by atoms with van der Waals surface area (Å²) < 4.78 is 16.6. The molecule has 32 heavy (non-hydrogen) atoms. The lowest BCUT2D eigenvalue weighted by Gasteiger charge is -2.37. The Kier molecular flexibility index (Phi) is 10.9. The van der Waals surface area contributed by atoms with Gasteiger partial charge in [-0.2, -0.15) is 0 Å². The van der Waals surface area contributed by atoms with Crippen LogP contribution in [0.2, 0.25) is 0 Å². The third kappa shape index (κ3) is 6.41. The van der Waals surface area contributed by atoms with Gasteiger partial charge in [0.2, 0.25) is 5.75 Å². The molecule has 1 fully saturated rings. The number of hydrogen-bond donors (Lipinski definition) is 1. The van der Waals surface area contributed by atoms with Crippen molar-refractivity contribution in [2.45, 2.75) is 19.4 Å². The van der Waals surface area contributed by atoms with E-state index in [9.17, 15) is 0 Å². The fourth-order valence-electron chi connectivity index (χ4n) is 3.90. The SMILES string of the molecule is CN=C(NCC(C)c1cccs1)N1CCN(Cc2ccc(OC)c(OC)c2OC)CC1.I. The van der Waals surface area contributed by atoms with E-state index in [2.05, 4.69) is 50.6 Å². The van der Waals surface area contributed by atoms with Gasteiger partial charge in [0.05, 0.1) is 21.3 Å². The predicted octanol–water partition coefficient (Wildman–Crippen LogP) is 3.89. The first-order chi connectivity index (χ1) is 15.1. The average molecular weight is 575 g/mol. The van der Waals surface area contributed by atoms with Crippen LogP contribution in [0.3, 0.4) is 0 Å². The van der Waals surface area contributed by atoms with Crippen LogP contribution in [-0.4, -0.2) is 76.9 Å². The number of guanidine groups is 1. The highest BCUT2D eigenvalue weighted by molar-refractivity contribution is 14.0. The monoisotopic (exact) mass is 574 g/mol. The summed E-state index contributed by atoms with van der Waals surface area (Å²) in [6.45, 7) is 7.72. The van der Waals surface area contributed by atoms with Crippen molar-refractivity contribution in [3.63, 3.8) is 0 Å². The number of nitrogens with one attached hydrogen (secondary N) is 1. The molecule has 7 nitrogen and oxygen atoms in total. The topological polar surface area (TPSA) is 58.6 Å². The van der Waals surface area contributed by atoms with Crippen LogP contribution in [0, 0.1) is 0 Å². The van der Waals surface area contributed by atoms with E-state index in [1.807, 2.05) is 24.5 Å². The van der Waals surface area contributed by atoms with Crippen LogP contribution in [0.4, 0.5) is 0 Å². The first-order valence-corrected chi connectivity index (χ1v) is 11.5. The molecule has 0 radical (unpaired) electrons. The smallest absolute Gasteiger partial charge is 0.203 e. The van der Waals surface area contributed by atoms with Crippen molar-refractivity contribution < 1.29 is 14.2 Å². The first kappa shape index (κ1) is 26.5. The summed E-state index contributed by atoms with van der Waals surface area (Å²) in [6.07, 6.45) is 0. The molecule has 1 unspecified atom stereocenters. The summed E-state index contributed by atoms with van der Waals surface area (Å²) in [5, 5.41) is 5.68. The van der Waals surface area contributed by atoms with Crippen LogP contribution in [0.5, 0.6) is 17.2 Å². The van der Waals surface area contributed by atoms with Crippen molar-refractivity contribution in [1.29, 1.82) is 0 Å². The molecule has 0 bridgehead atoms. The van der Waals surface area contributed by atoms with Gasteiger partial charge in [-0.25, -0.2) is 0 Å². The van der Waals surface area contributed by atoms with Gasteiger partial charge in [-0.05, 0) is 17.5 Å². The quantitative estimate of drug-likeness (QED) is 0.294. The highest BCUT2D eigenvalue weighted by atomic mass is 127. The molecule has 0 aliphatic carbocycles. The van der Waals surface area contributed by atoms with Gasteiger partial charge in [0.15, 0.2) is 17.5 Å². The van der Waals surface area contributed by atoms with Gasteiger partial charge in [-0.1, -0.05) is 19.1 Å². The van der Waals surface area contributed by atoms with Crippen molar-refractivity contribution in [1.82, 2.24) is 15.1 Å². The van der Waals surface area contributed by atoms with Gasteiger partial charge in [-0.15, -0.1) is 35.3 Å². The molecular formula is C23H35IN4O3S. The molecule has 1 aliphatic rings. The van der Waals surface area contributed by atoms with Gasteiger partial charge >= 0.3 is 0 Å². The van der Waals surface area contributed by atoms with E-state index in [1.165, 1.54) is 4.88 Å². The van der Waals surface area contributed by atoms with Crippen LogP contribution >= 0.6 is 35.3 Å². The average Bonchev–Trinajstić information content (AvgIpc) is 3.35. The zero-order valence-corrected chi connectivity index (χ0v) is 22.7.